The number of hydrogen-bond donors (Lipinski definition) is 3. The molecule has 0 radical (unpaired) electrons. The van der Waals surface area contributed by atoms with Crippen LogP contribution in [-0.4, -0.2) is 44.4 Å². The van der Waals surface area contributed by atoms with Crippen LogP contribution in [0.5, 0.6) is 0 Å². The smallest absolute Gasteiger partial charge is 0.390 e. The van der Waals surface area contributed by atoms with Gasteiger partial charge in [-0.1, -0.05) is 97.1 Å². The molecule has 2 atom stereocenters. The number of alkyl halides is 3. The molecule has 0 aliphatic carbocycles. The number of para-hydroxylation sites is 1. The van der Waals surface area contributed by atoms with E-state index in [1.165, 1.54) is 16.4 Å². The standard InChI is InChI=1S/C38H36F3N3O4S/c1-49(47,48)44(33-18-9-4-10-19-33)34-23-30(29-15-7-3-8-16-29)22-31(24-34)37(46)43-35(21-27-12-5-2-6-13-27)36(45)26-42-25-28-14-11-17-32(20-28)38(39,40)41/h2-20,22-24,35-36,42,45H,21,25-26H2,1H3,(H,43,46)/t35-,36+/m0/s1. The minimum absolute atomic E-state index is 0.0286. The zero-order valence-electron chi connectivity index (χ0n) is 26.6. The van der Waals surface area contributed by atoms with Crippen LogP contribution in [0.3, 0.4) is 0 Å². The highest BCUT2D eigenvalue weighted by atomic mass is 32.2. The number of halogens is 3. The summed E-state index contributed by atoms with van der Waals surface area (Å²) in [4.78, 5) is 14.0. The van der Waals surface area contributed by atoms with E-state index in [0.29, 0.717) is 16.8 Å². The summed E-state index contributed by atoms with van der Waals surface area (Å²) in [7, 11) is -3.84. The topological polar surface area (TPSA) is 98.7 Å². The van der Waals surface area contributed by atoms with Crippen LogP contribution in [0.15, 0.2) is 133 Å². The van der Waals surface area contributed by atoms with Crippen molar-refractivity contribution in [2.24, 2.45) is 0 Å². The Hall–Kier alpha value is -4.97. The number of aliphatic hydroxyl groups excluding tert-OH is 1. The summed E-state index contributed by atoms with van der Waals surface area (Å²) in [5.41, 5.74) is 2.66. The van der Waals surface area contributed by atoms with Crippen molar-refractivity contribution < 1.29 is 31.5 Å². The lowest BCUT2D eigenvalue weighted by Gasteiger charge is -2.26. The van der Waals surface area contributed by atoms with Gasteiger partial charge in [0.05, 0.1) is 35.3 Å². The first-order valence-corrected chi connectivity index (χ1v) is 17.4. The van der Waals surface area contributed by atoms with E-state index < -0.39 is 39.8 Å². The first-order chi connectivity index (χ1) is 23.4. The maximum Gasteiger partial charge on any atom is 0.416 e. The first-order valence-electron chi connectivity index (χ1n) is 15.5. The number of aliphatic hydroxyl groups is 1. The van der Waals surface area contributed by atoms with Crippen LogP contribution in [0.2, 0.25) is 0 Å². The zero-order chi connectivity index (χ0) is 35.0. The number of rotatable bonds is 13. The Balaban J connectivity index is 1.44. The van der Waals surface area contributed by atoms with Crippen LogP contribution >= 0.6 is 0 Å². The zero-order valence-corrected chi connectivity index (χ0v) is 27.5. The van der Waals surface area contributed by atoms with Gasteiger partial charge in [0.25, 0.3) is 5.91 Å². The Morgan fingerprint density at radius 3 is 2.00 bits per heavy atom. The van der Waals surface area contributed by atoms with Crippen molar-refractivity contribution in [2.75, 3.05) is 17.1 Å². The van der Waals surface area contributed by atoms with E-state index in [2.05, 4.69) is 10.6 Å². The van der Waals surface area contributed by atoms with Gasteiger partial charge in [0, 0.05) is 18.7 Å². The van der Waals surface area contributed by atoms with Crippen LogP contribution < -0.4 is 14.9 Å². The van der Waals surface area contributed by atoms with E-state index in [9.17, 15) is 31.5 Å². The van der Waals surface area contributed by atoms with E-state index >= 15 is 0 Å². The maximum atomic E-state index is 14.0. The molecule has 0 unspecified atom stereocenters. The lowest BCUT2D eigenvalue weighted by Crippen LogP contribution is -2.48. The molecule has 0 spiro atoms. The second-order valence-electron chi connectivity index (χ2n) is 11.7. The molecule has 5 aromatic rings. The van der Waals surface area contributed by atoms with Gasteiger partial charge in [-0.25, -0.2) is 12.7 Å². The van der Waals surface area contributed by atoms with Crippen molar-refractivity contribution in [1.29, 1.82) is 0 Å². The SMILES string of the molecule is CS(=O)(=O)N(c1ccccc1)c1cc(C(=O)N[C@@H](Cc2ccccc2)[C@H](O)CNCc2cccc(C(F)(F)F)c2)cc(-c2ccccc2)c1. The number of hydrogen-bond acceptors (Lipinski definition) is 5. The van der Waals surface area contributed by atoms with E-state index in [0.717, 1.165) is 29.5 Å². The molecule has 7 nitrogen and oxygen atoms in total. The van der Waals surface area contributed by atoms with E-state index in [-0.39, 0.29) is 30.8 Å². The average molecular weight is 688 g/mol. The van der Waals surface area contributed by atoms with Crippen LogP contribution in [0.4, 0.5) is 24.5 Å². The van der Waals surface area contributed by atoms with Crippen LogP contribution in [0, 0.1) is 0 Å². The molecule has 49 heavy (non-hydrogen) atoms. The summed E-state index contributed by atoms with van der Waals surface area (Å²) in [5, 5.41) is 17.3. The Bertz CT molecular complexity index is 1960. The normalized spacial score (nSPS) is 13.0. The number of nitrogens with one attached hydrogen (secondary N) is 2. The molecule has 0 saturated heterocycles. The Labute approximate surface area is 284 Å². The molecule has 5 aromatic carbocycles. The third-order valence-electron chi connectivity index (χ3n) is 7.86. The molecular weight excluding hydrogens is 651 g/mol. The number of sulfonamides is 1. The summed E-state index contributed by atoms with van der Waals surface area (Å²) in [6.45, 7) is 0.0372. The number of benzene rings is 5. The fraction of sp³-hybridized carbons (Fsp3) is 0.184. The van der Waals surface area contributed by atoms with Gasteiger partial charge < -0.3 is 15.7 Å². The number of carbonyl (C=O) groups excluding carboxylic acids is 1. The molecule has 3 N–H and O–H groups in total. The van der Waals surface area contributed by atoms with Gasteiger partial charge in [0.1, 0.15) is 0 Å². The van der Waals surface area contributed by atoms with Crippen molar-refractivity contribution in [3.63, 3.8) is 0 Å². The highest BCUT2D eigenvalue weighted by molar-refractivity contribution is 7.92. The summed E-state index contributed by atoms with van der Waals surface area (Å²) in [6, 6.07) is 36.0. The third kappa shape index (κ3) is 9.56. The van der Waals surface area contributed by atoms with E-state index in [1.807, 2.05) is 60.7 Å². The molecule has 5 rings (SSSR count). The fourth-order valence-corrected chi connectivity index (χ4v) is 6.51. The molecule has 0 bridgehead atoms. The number of amides is 1. The molecule has 0 aliphatic rings. The molecule has 0 heterocycles. The summed E-state index contributed by atoms with van der Waals surface area (Å²) < 4.78 is 67.0. The van der Waals surface area contributed by atoms with Crippen LogP contribution in [-0.2, 0) is 29.2 Å². The predicted octanol–water partition coefficient (Wildman–Crippen LogP) is 6.96. The van der Waals surface area contributed by atoms with E-state index in [1.54, 1.807) is 48.5 Å². The highest BCUT2D eigenvalue weighted by Gasteiger charge is 2.30. The highest BCUT2D eigenvalue weighted by Crippen LogP contribution is 2.34. The van der Waals surface area contributed by atoms with Crippen LogP contribution in [0.1, 0.15) is 27.0 Å². The second kappa shape index (κ2) is 15.5. The molecule has 11 heteroatoms. The van der Waals surface area contributed by atoms with E-state index in [4.69, 9.17) is 0 Å². The molecule has 254 valence electrons. The monoisotopic (exact) mass is 687 g/mol. The van der Waals surface area contributed by atoms with Gasteiger partial charge in [-0.2, -0.15) is 13.2 Å². The van der Waals surface area contributed by atoms with Crippen LogP contribution in [0.25, 0.3) is 11.1 Å². The molecule has 0 aliphatic heterocycles. The summed E-state index contributed by atoms with van der Waals surface area (Å²) in [5.74, 6) is -0.543. The van der Waals surface area contributed by atoms with Gasteiger partial charge >= 0.3 is 6.18 Å². The van der Waals surface area contributed by atoms with Gasteiger partial charge in [0.2, 0.25) is 10.0 Å². The molecule has 0 fully saturated rings. The van der Waals surface area contributed by atoms with Crippen molar-refractivity contribution in [2.45, 2.75) is 31.3 Å². The summed E-state index contributed by atoms with van der Waals surface area (Å²) in [6.07, 6.45) is -4.27. The molecular formula is C38H36F3N3O4S. The predicted molar refractivity (Wildman–Crippen MR) is 186 cm³/mol. The van der Waals surface area contributed by atoms with Crippen molar-refractivity contribution in [3.05, 3.63) is 156 Å². The largest absolute Gasteiger partial charge is 0.416 e. The third-order valence-corrected chi connectivity index (χ3v) is 8.95. The number of carbonyl (C=O) groups is 1. The molecule has 0 saturated carbocycles. The Kier molecular flexibility index (Phi) is 11.2. The average Bonchev–Trinajstić information content (AvgIpc) is 3.08. The van der Waals surface area contributed by atoms with Crippen molar-refractivity contribution >= 4 is 27.3 Å². The second-order valence-corrected chi connectivity index (χ2v) is 13.5. The fourth-order valence-electron chi connectivity index (χ4n) is 5.52. The Morgan fingerprint density at radius 1 is 0.755 bits per heavy atom. The quantitative estimate of drug-likeness (QED) is 0.124. The van der Waals surface area contributed by atoms with Crippen molar-refractivity contribution in [3.8, 4) is 11.1 Å². The summed E-state index contributed by atoms with van der Waals surface area (Å²) >= 11 is 0. The van der Waals surface area contributed by atoms with Crippen molar-refractivity contribution in [1.82, 2.24) is 10.6 Å². The minimum Gasteiger partial charge on any atom is -0.390 e. The minimum atomic E-state index is -4.47. The lowest BCUT2D eigenvalue weighted by molar-refractivity contribution is -0.137. The van der Waals surface area contributed by atoms with Gasteiger partial charge in [-0.15, -0.1) is 0 Å². The Morgan fingerprint density at radius 2 is 1.37 bits per heavy atom. The number of anilines is 2. The van der Waals surface area contributed by atoms with Gasteiger partial charge in [-0.3, -0.25) is 4.79 Å². The van der Waals surface area contributed by atoms with Gasteiger partial charge in [-0.05, 0) is 65.1 Å². The maximum absolute atomic E-state index is 14.0. The van der Waals surface area contributed by atoms with Gasteiger partial charge in [0.15, 0.2) is 0 Å². The molecule has 1 amide bonds. The lowest BCUT2D eigenvalue weighted by atomic mass is 9.99. The first kappa shape index (κ1) is 35.3. The number of nitrogens with zero attached hydrogens (tertiary/aromatic N) is 1. The molecule has 0 aromatic heterocycles.